The highest BCUT2D eigenvalue weighted by molar-refractivity contribution is 5.73. The highest BCUT2D eigenvalue weighted by Crippen LogP contribution is 2.11. The van der Waals surface area contributed by atoms with Crippen molar-refractivity contribution in [3.63, 3.8) is 0 Å². The predicted molar refractivity (Wildman–Crippen MR) is 79.0 cm³/mol. The lowest BCUT2D eigenvalue weighted by Crippen LogP contribution is -2.19. The lowest BCUT2D eigenvalue weighted by molar-refractivity contribution is 0.555. The molecule has 1 aromatic carbocycles. The summed E-state index contributed by atoms with van der Waals surface area (Å²) in [4.78, 5) is 13.4. The van der Waals surface area contributed by atoms with Crippen LogP contribution in [0, 0.1) is 0 Å². The van der Waals surface area contributed by atoms with Crippen LogP contribution < -0.4 is 5.32 Å². The summed E-state index contributed by atoms with van der Waals surface area (Å²) in [5, 5.41) is 3.41. The molecule has 0 amide bonds. The van der Waals surface area contributed by atoms with Crippen LogP contribution >= 0.6 is 0 Å². The van der Waals surface area contributed by atoms with Crippen LogP contribution in [-0.2, 0) is 6.54 Å². The molecule has 0 saturated heterocycles. The van der Waals surface area contributed by atoms with Crippen LogP contribution in [0.4, 0.5) is 0 Å². The topological polar surface area (TPSA) is 50.7 Å². The second-order valence-corrected chi connectivity index (χ2v) is 4.71. The van der Waals surface area contributed by atoms with Crippen molar-refractivity contribution in [3.05, 3.63) is 66.2 Å². The maximum absolute atomic E-state index is 4.60. The molecule has 2 aromatic heterocycles. The Morgan fingerprint density at radius 2 is 1.80 bits per heavy atom. The van der Waals surface area contributed by atoms with Gasteiger partial charge in [-0.2, -0.15) is 0 Å². The Kier molecular flexibility index (Phi) is 3.65. The van der Waals surface area contributed by atoms with Gasteiger partial charge in [-0.25, -0.2) is 4.98 Å². The van der Waals surface area contributed by atoms with Crippen LogP contribution in [0.2, 0.25) is 0 Å². The van der Waals surface area contributed by atoms with E-state index in [9.17, 15) is 0 Å². The van der Waals surface area contributed by atoms with Gasteiger partial charge in [0.1, 0.15) is 0 Å². The first-order valence-corrected chi connectivity index (χ1v) is 6.68. The standard InChI is InChI=1S/C16H16N4/c1-12(14-6-4-5-9-17-14)18-10-13-11-19-15-7-2-3-8-16(15)20-13/h2-9,11-12,18H,10H2,1H3/t12-/m0/s1. The van der Waals surface area contributed by atoms with E-state index < -0.39 is 0 Å². The first-order valence-electron chi connectivity index (χ1n) is 6.68. The number of para-hydroxylation sites is 2. The Hall–Kier alpha value is -2.33. The Bertz CT molecular complexity index is 697. The van der Waals surface area contributed by atoms with Gasteiger partial charge in [-0.3, -0.25) is 9.97 Å². The quantitative estimate of drug-likeness (QED) is 0.787. The molecule has 4 heteroatoms. The molecular formula is C16H16N4. The smallest absolute Gasteiger partial charge is 0.0890 e. The van der Waals surface area contributed by atoms with Gasteiger partial charge >= 0.3 is 0 Å². The van der Waals surface area contributed by atoms with Gasteiger partial charge in [-0.15, -0.1) is 0 Å². The molecule has 0 aliphatic rings. The van der Waals surface area contributed by atoms with E-state index in [0.29, 0.717) is 6.54 Å². The van der Waals surface area contributed by atoms with Crippen molar-refractivity contribution in [2.45, 2.75) is 19.5 Å². The van der Waals surface area contributed by atoms with Crippen molar-refractivity contribution in [3.8, 4) is 0 Å². The minimum Gasteiger partial charge on any atom is -0.303 e. The average molecular weight is 264 g/mol. The van der Waals surface area contributed by atoms with E-state index in [4.69, 9.17) is 0 Å². The summed E-state index contributed by atoms with van der Waals surface area (Å²) in [7, 11) is 0. The SMILES string of the molecule is C[C@H](NCc1cnc2ccccc2n1)c1ccccn1. The van der Waals surface area contributed by atoms with E-state index in [2.05, 4.69) is 27.2 Å². The van der Waals surface area contributed by atoms with Crippen molar-refractivity contribution in [2.75, 3.05) is 0 Å². The number of pyridine rings is 1. The fraction of sp³-hybridized carbons (Fsp3) is 0.188. The van der Waals surface area contributed by atoms with Gasteiger partial charge in [0.15, 0.2) is 0 Å². The molecule has 0 unspecified atom stereocenters. The van der Waals surface area contributed by atoms with Gasteiger partial charge in [-0.05, 0) is 31.2 Å². The zero-order valence-electron chi connectivity index (χ0n) is 11.3. The summed E-state index contributed by atoms with van der Waals surface area (Å²) >= 11 is 0. The summed E-state index contributed by atoms with van der Waals surface area (Å²) in [6, 6.07) is 14.0. The monoisotopic (exact) mass is 264 g/mol. The lowest BCUT2D eigenvalue weighted by atomic mass is 10.2. The van der Waals surface area contributed by atoms with Crippen LogP contribution in [0.15, 0.2) is 54.9 Å². The number of rotatable bonds is 4. The molecule has 2 heterocycles. The molecule has 0 radical (unpaired) electrons. The fourth-order valence-electron chi connectivity index (χ4n) is 2.08. The summed E-state index contributed by atoms with van der Waals surface area (Å²) < 4.78 is 0. The van der Waals surface area contributed by atoms with Gasteiger partial charge in [0.2, 0.25) is 0 Å². The van der Waals surface area contributed by atoms with E-state index in [1.807, 2.05) is 54.9 Å². The normalized spacial score (nSPS) is 12.4. The van der Waals surface area contributed by atoms with Gasteiger partial charge < -0.3 is 5.32 Å². The van der Waals surface area contributed by atoms with Gasteiger partial charge in [0.25, 0.3) is 0 Å². The third-order valence-corrected chi connectivity index (χ3v) is 3.22. The Labute approximate surface area is 117 Å². The number of hydrogen-bond donors (Lipinski definition) is 1. The number of nitrogens with one attached hydrogen (secondary N) is 1. The maximum Gasteiger partial charge on any atom is 0.0890 e. The van der Waals surface area contributed by atoms with Crippen molar-refractivity contribution in [1.82, 2.24) is 20.3 Å². The number of benzene rings is 1. The van der Waals surface area contributed by atoms with Crippen LogP contribution in [0.3, 0.4) is 0 Å². The van der Waals surface area contributed by atoms with E-state index in [-0.39, 0.29) is 6.04 Å². The zero-order chi connectivity index (χ0) is 13.8. The Balaban J connectivity index is 1.70. The summed E-state index contributed by atoms with van der Waals surface area (Å²) in [5.41, 5.74) is 3.82. The number of aromatic nitrogens is 3. The van der Waals surface area contributed by atoms with Gasteiger partial charge in [0, 0.05) is 18.8 Å². The molecule has 0 aliphatic carbocycles. The van der Waals surface area contributed by atoms with Crippen molar-refractivity contribution < 1.29 is 0 Å². The summed E-state index contributed by atoms with van der Waals surface area (Å²) in [6.45, 7) is 2.77. The largest absolute Gasteiger partial charge is 0.303 e. The first-order chi connectivity index (χ1) is 9.83. The first kappa shape index (κ1) is 12.7. The van der Waals surface area contributed by atoms with Gasteiger partial charge in [-0.1, -0.05) is 18.2 Å². The molecule has 3 rings (SSSR count). The van der Waals surface area contributed by atoms with E-state index in [0.717, 1.165) is 22.4 Å². The minimum absolute atomic E-state index is 0.185. The van der Waals surface area contributed by atoms with Crippen LogP contribution in [0.1, 0.15) is 24.4 Å². The zero-order valence-corrected chi connectivity index (χ0v) is 11.3. The number of fused-ring (bicyclic) bond motifs is 1. The number of nitrogens with zero attached hydrogens (tertiary/aromatic N) is 3. The van der Waals surface area contributed by atoms with Crippen LogP contribution in [0.25, 0.3) is 11.0 Å². The molecule has 100 valence electrons. The van der Waals surface area contributed by atoms with E-state index in [1.165, 1.54) is 0 Å². The third kappa shape index (κ3) is 2.81. The minimum atomic E-state index is 0.185. The molecular weight excluding hydrogens is 248 g/mol. The van der Waals surface area contributed by atoms with Gasteiger partial charge in [0.05, 0.1) is 28.6 Å². The Morgan fingerprint density at radius 1 is 1.00 bits per heavy atom. The second kappa shape index (κ2) is 5.75. The van der Waals surface area contributed by atoms with Crippen molar-refractivity contribution >= 4 is 11.0 Å². The summed E-state index contributed by atoms with van der Waals surface area (Å²) in [5.74, 6) is 0. The van der Waals surface area contributed by atoms with Crippen LogP contribution in [0.5, 0.6) is 0 Å². The van der Waals surface area contributed by atoms with Crippen molar-refractivity contribution in [1.29, 1.82) is 0 Å². The van der Waals surface area contributed by atoms with E-state index >= 15 is 0 Å². The molecule has 1 N–H and O–H groups in total. The molecule has 0 spiro atoms. The highest BCUT2D eigenvalue weighted by Gasteiger charge is 2.06. The molecule has 1 atom stereocenters. The lowest BCUT2D eigenvalue weighted by Gasteiger charge is -2.12. The number of hydrogen-bond acceptors (Lipinski definition) is 4. The second-order valence-electron chi connectivity index (χ2n) is 4.71. The van der Waals surface area contributed by atoms with E-state index in [1.54, 1.807) is 0 Å². The average Bonchev–Trinajstić information content (AvgIpc) is 2.53. The fourth-order valence-corrected chi connectivity index (χ4v) is 2.08. The molecule has 0 saturated carbocycles. The summed E-state index contributed by atoms with van der Waals surface area (Å²) in [6.07, 6.45) is 3.63. The molecule has 4 nitrogen and oxygen atoms in total. The predicted octanol–water partition coefficient (Wildman–Crippen LogP) is 2.88. The Morgan fingerprint density at radius 3 is 2.60 bits per heavy atom. The van der Waals surface area contributed by atoms with Crippen molar-refractivity contribution in [2.24, 2.45) is 0 Å². The molecule has 20 heavy (non-hydrogen) atoms. The molecule has 3 aromatic rings. The van der Waals surface area contributed by atoms with Crippen LogP contribution in [-0.4, -0.2) is 15.0 Å². The maximum atomic E-state index is 4.60. The third-order valence-electron chi connectivity index (χ3n) is 3.22. The molecule has 0 bridgehead atoms. The highest BCUT2D eigenvalue weighted by atomic mass is 15.0. The molecule has 0 aliphatic heterocycles. The molecule has 0 fully saturated rings.